The molecule has 1 saturated carbocycles. The number of anilines is 2. The largest absolute Gasteiger partial charge is 0.384 e. The molecule has 1 amide bonds. The molecule has 0 aliphatic heterocycles. The first-order valence-corrected chi connectivity index (χ1v) is 10.4. The third-order valence-corrected chi connectivity index (χ3v) is 6.85. The minimum Gasteiger partial charge on any atom is -0.384 e. The van der Waals surface area contributed by atoms with Crippen molar-refractivity contribution in [2.75, 3.05) is 18.1 Å². The third kappa shape index (κ3) is 5.01. The molecule has 1 aliphatic rings. The van der Waals surface area contributed by atoms with E-state index in [9.17, 15) is 13.2 Å². The molecule has 1 heterocycles. The molecule has 0 bridgehead atoms. The van der Waals surface area contributed by atoms with Gasteiger partial charge in [0.05, 0.1) is 16.8 Å². The second-order valence-electron chi connectivity index (χ2n) is 6.76. The summed E-state index contributed by atoms with van der Waals surface area (Å²) in [5.74, 6) is 0.0239. The van der Waals surface area contributed by atoms with Crippen LogP contribution in [-0.4, -0.2) is 36.7 Å². The van der Waals surface area contributed by atoms with Crippen LogP contribution in [0.25, 0.3) is 0 Å². The van der Waals surface area contributed by atoms with Gasteiger partial charge in [0, 0.05) is 18.7 Å². The highest BCUT2D eigenvalue weighted by Gasteiger charge is 2.29. The molecule has 3 rings (SSSR count). The number of halogens is 1. The van der Waals surface area contributed by atoms with Gasteiger partial charge in [-0.2, -0.15) is 4.31 Å². The Balaban J connectivity index is 0.00000280. The summed E-state index contributed by atoms with van der Waals surface area (Å²) in [6, 6.07) is 9.27. The van der Waals surface area contributed by atoms with Gasteiger partial charge < -0.3 is 11.1 Å². The van der Waals surface area contributed by atoms with Crippen molar-refractivity contribution in [3.8, 4) is 0 Å². The van der Waals surface area contributed by atoms with E-state index >= 15 is 0 Å². The first-order valence-electron chi connectivity index (χ1n) is 8.99. The Kier molecular flexibility index (Phi) is 7.40. The maximum atomic E-state index is 12.8. The summed E-state index contributed by atoms with van der Waals surface area (Å²) in [4.78, 5) is 16.4. The highest BCUT2D eigenvalue weighted by atomic mass is 35.5. The molecular formula is C19H25ClN4O3S. The van der Waals surface area contributed by atoms with Crippen molar-refractivity contribution in [1.82, 2.24) is 9.29 Å². The average Bonchev–Trinajstić information content (AvgIpc) is 2.70. The van der Waals surface area contributed by atoms with E-state index in [2.05, 4.69) is 10.3 Å². The van der Waals surface area contributed by atoms with Crippen molar-refractivity contribution in [3.05, 3.63) is 48.2 Å². The highest BCUT2D eigenvalue weighted by molar-refractivity contribution is 7.89. The molecule has 1 aromatic carbocycles. The Bertz CT molecular complexity index is 896. The van der Waals surface area contributed by atoms with Gasteiger partial charge in [-0.1, -0.05) is 19.3 Å². The smallest absolute Gasteiger partial charge is 0.255 e. The van der Waals surface area contributed by atoms with E-state index in [0.29, 0.717) is 17.1 Å². The number of nitrogens with two attached hydrogens (primary N) is 1. The van der Waals surface area contributed by atoms with Crippen LogP contribution in [0.5, 0.6) is 0 Å². The van der Waals surface area contributed by atoms with Gasteiger partial charge in [-0.25, -0.2) is 13.4 Å². The Hall–Kier alpha value is -2.16. The lowest BCUT2D eigenvalue weighted by Crippen LogP contribution is -2.38. The Morgan fingerprint density at radius 1 is 1.11 bits per heavy atom. The van der Waals surface area contributed by atoms with Gasteiger partial charge in [0.25, 0.3) is 5.91 Å². The maximum Gasteiger partial charge on any atom is 0.255 e. The number of aromatic nitrogens is 1. The molecule has 0 saturated heterocycles. The molecular weight excluding hydrogens is 400 g/mol. The number of nitrogens with one attached hydrogen (secondary N) is 1. The van der Waals surface area contributed by atoms with E-state index in [-0.39, 0.29) is 29.3 Å². The summed E-state index contributed by atoms with van der Waals surface area (Å²) in [5.41, 5.74) is 6.40. The molecule has 2 aromatic rings. The summed E-state index contributed by atoms with van der Waals surface area (Å²) in [5, 5.41) is 2.70. The van der Waals surface area contributed by atoms with Gasteiger partial charge in [0.15, 0.2) is 0 Å². The Morgan fingerprint density at radius 3 is 2.32 bits per heavy atom. The summed E-state index contributed by atoms with van der Waals surface area (Å²) >= 11 is 0. The van der Waals surface area contributed by atoms with Gasteiger partial charge >= 0.3 is 0 Å². The molecule has 152 valence electrons. The van der Waals surface area contributed by atoms with Crippen LogP contribution in [-0.2, 0) is 10.0 Å². The molecule has 1 aromatic heterocycles. The molecule has 0 radical (unpaired) electrons. The molecule has 0 atom stereocenters. The number of hydrogen-bond acceptors (Lipinski definition) is 5. The van der Waals surface area contributed by atoms with Gasteiger partial charge in [-0.05, 0) is 49.2 Å². The molecule has 1 aliphatic carbocycles. The number of hydrogen-bond donors (Lipinski definition) is 2. The zero-order chi connectivity index (χ0) is 19.4. The minimum atomic E-state index is -3.57. The van der Waals surface area contributed by atoms with E-state index in [1.165, 1.54) is 34.8 Å². The lowest BCUT2D eigenvalue weighted by Gasteiger charge is -2.30. The van der Waals surface area contributed by atoms with Crippen molar-refractivity contribution < 1.29 is 13.2 Å². The topological polar surface area (TPSA) is 105 Å². The van der Waals surface area contributed by atoms with Gasteiger partial charge in [-0.3, -0.25) is 4.79 Å². The second-order valence-corrected chi connectivity index (χ2v) is 8.76. The molecule has 7 nitrogen and oxygen atoms in total. The number of rotatable bonds is 5. The van der Waals surface area contributed by atoms with Crippen molar-refractivity contribution in [2.24, 2.45) is 0 Å². The molecule has 9 heteroatoms. The van der Waals surface area contributed by atoms with E-state index in [1.807, 2.05) is 0 Å². The van der Waals surface area contributed by atoms with Crippen LogP contribution in [0.1, 0.15) is 42.5 Å². The van der Waals surface area contributed by atoms with Gasteiger partial charge in [0.1, 0.15) is 5.82 Å². The molecule has 1 fully saturated rings. The monoisotopic (exact) mass is 424 g/mol. The fourth-order valence-electron chi connectivity index (χ4n) is 3.27. The number of amides is 1. The Labute approximate surface area is 171 Å². The summed E-state index contributed by atoms with van der Waals surface area (Å²) < 4.78 is 27.2. The fourth-order valence-corrected chi connectivity index (χ4v) is 4.68. The number of carbonyl (C=O) groups excluding carboxylic acids is 1. The number of nitrogen functional groups attached to an aromatic ring is 1. The quantitative estimate of drug-likeness (QED) is 0.766. The standard InChI is InChI=1S/C19H24N4O3S.ClH/c1-23(16-5-3-2-4-6-16)27(25,26)17-10-7-14(8-11-17)19(24)22-15-9-12-18(20)21-13-15;/h7-13,16H,2-6H2,1H3,(H2,20,21)(H,22,24);1H. The lowest BCUT2D eigenvalue weighted by atomic mass is 9.96. The van der Waals surface area contributed by atoms with E-state index in [0.717, 1.165) is 32.1 Å². The van der Waals surface area contributed by atoms with Crippen LogP contribution in [0.4, 0.5) is 11.5 Å². The van der Waals surface area contributed by atoms with Crippen molar-refractivity contribution in [3.63, 3.8) is 0 Å². The normalized spacial score (nSPS) is 15.1. The number of sulfonamides is 1. The van der Waals surface area contributed by atoms with Crippen molar-refractivity contribution >= 4 is 39.8 Å². The van der Waals surface area contributed by atoms with Crippen LogP contribution >= 0.6 is 12.4 Å². The van der Waals surface area contributed by atoms with Gasteiger partial charge in [-0.15, -0.1) is 12.4 Å². The van der Waals surface area contributed by atoms with E-state index < -0.39 is 10.0 Å². The molecule has 0 spiro atoms. The predicted octanol–water partition coefficient (Wildman–Crippen LogP) is 3.29. The SMILES string of the molecule is CN(C1CCCCC1)S(=O)(=O)c1ccc(C(=O)Nc2ccc(N)nc2)cc1.Cl. The van der Waals surface area contributed by atoms with Crippen LogP contribution < -0.4 is 11.1 Å². The number of benzene rings is 1. The Morgan fingerprint density at radius 2 is 1.75 bits per heavy atom. The van der Waals surface area contributed by atoms with E-state index in [4.69, 9.17) is 5.73 Å². The van der Waals surface area contributed by atoms with E-state index in [1.54, 1.807) is 19.2 Å². The van der Waals surface area contributed by atoms with Crippen LogP contribution in [0.3, 0.4) is 0 Å². The highest BCUT2D eigenvalue weighted by Crippen LogP contribution is 2.26. The van der Waals surface area contributed by atoms with Crippen LogP contribution in [0.2, 0.25) is 0 Å². The number of nitrogens with zero attached hydrogens (tertiary/aromatic N) is 2. The fraction of sp³-hybridized carbons (Fsp3) is 0.368. The van der Waals surface area contributed by atoms with Crippen molar-refractivity contribution in [1.29, 1.82) is 0 Å². The molecule has 28 heavy (non-hydrogen) atoms. The predicted molar refractivity (Wildman–Crippen MR) is 112 cm³/mol. The zero-order valence-corrected chi connectivity index (χ0v) is 17.3. The van der Waals surface area contributed by atoms with Gasteiger partial charge in [0.2, 0.25) is 10.0 Å². The third-order valence-electron chi connectivity index (χ3n) is 4.93. The summed E-state index contributed by atoms with van der Waals surface area (Å²) in [7, 11) is -1.93. The number of pyridine rings is 1. The summed E-state index contributed by atoms with van der Waals surface area (Å²) in [6.45, 7) is 0. The lowest BCUT2D eigenvalue weighted by molar-refractivity contribution is 0.102. The molecule has 3 N–H and O–H groups in total. The van der Waals surface area contributed by atoms with Crippen LogP contribution in [0, 0.1) is 0 Å². The zero-order valence-electron chi connectivity index (χ0n) is 15.7. The average molecular weight is 425 g/mol. The summed E-state index contributed by atoms with van der Waals surface area (Å²) in [6.07, 6.45) is 6.54. The first kappa shape index (κ1) is 22.1. The number of carbonyl (C=O) groups is 1. The van der Waals surface area contributed by atoms with Crippen molar-refractivity contribution in [2.45, 2.75) is 43.0 Å². The van der Waals surface area contributed by atoms with Crippen LogP contribution in [0.15, 0.2) is 47.5 Å². The second kappa shape index (κ2) is 9.36. The first-order chi connectivity index (χ1) is 12.9. The maximum absolute atomic E-state index is 12.8. The molecule has 0 unspecified atom stereocenters. The minimum absolute atomic E-state index is 0.